The SMILES string of the molecule is CN(C1CCc2[nH]c3ccccc3c2C1)S(=O)(=O)c1ccc([N+](=O)[O-])cc1. The van der Waals surface area contributed by atoms with Gasteiger partial charge in [0.2, 0.25) is 10.0 Å². The van der Waals surface area contributed by atoms with Crippen LogP contribution in [-0.4, -0.2) is 35.7 Å². The molecule has 3 aromatic rings. The van der Waals surface area contributed by atoms with Crippen LogP contribution in [0.1, 0.15) is 17.7 Å². The topological polar surface area (TPSA) is 96.3 Å². The third-order valence-electron chi connectivity index (χ3n) is 5.31. The first-order valence-corrected chi connectivity index (χ1v) is 10.1. The van der Waals surface area contributed by atoms with E-state index < -0.39 is 14.9 Å². The van der Waals surface area contributed by atoms with Gasteiger partial charge in [0.05, 0.1) is 9.82 Å². The van der Waals surface area contributed by atoms with Crippen molar-refractivity contribution in [1.82, 2.24) is 9.29 Å². The van der Waals surface area contributed by atoms with Crippen molar-refractivity contribution in [1.29, 1.82) is 0 Å². The van der Waals surface area contributed by atoms with E-state index in [0.717, 1.165) is 23.7 Å². The Hall–Kier alpha value is -2.71. The number of hydrogen-bond donors (Lipinski definition) is 1. The molecule has 1 aliphatic rings. The molecule has 1 heterocycles. The van der Waals surface area contributed by atoms with Gasteiger partial charge in [0, 0.05) is 41.8 Å². The molecule has 0 radical (unpaired) electrons. The number of likely N-dealkylation sites (N-methyl/N-ethyl adjacent to an activating group) is 1. The molecule has 2 aromatic carbocycles. The fraction of sp³-hybridized carbons (Fsp3) is 0.263. The predicted molar refractivity (Wildman–Crippen MR) is 102 cm³/mol. The third kappa shape index (κ3) is 3.00. The molecule has 0 saturated carbocycles. The smallest absolute Gasteiger partial charge is 0.269 e. The number of nitrogens with zero attached hydrogens (tertiary/aromatic N) is 2. The van der Waals surface area contributed by atoms with Gasteiger partial charge in [-0.15, -0.1) is 0 Å². The highest BCUT2D eigenvalue weighted by molar-refractivity contribution is 7.89. The number of nitro benzene ring substituents is 1. The molecule has 1 aliphatic carbocycles. The highest BCUT2D eigenvalue weighted by atomic mass is 32.2. The monoisotopic (exact) mass is 385 g/mol. The molecule has 0 fully saturated rings. The van der Waals surface area contributed by atoms with Crippen molar-refractivity contribution in [3.63, 3.8) is 0 Å². The van der Waals surface area contributed by atoms with E-state index in [2.05, 4.69) is 11.1 Å². The molecule has 0 aliphatic heterocycles. The normalized spacial score (nSPS) is 17.2. The zero-order valence-corrected chi connectivity index (χ0v) is 15.6. The summed E-state index contributed by atoms with van der Waals surface area (Å²) >= 11 is 0. The number of aryl methyl sites for hydroxylation is 1. The Bertz CT molecular complexity index is 1120. The van der Waals surface area contributed by atoms with Crippen LogP contribution in [0.15, 0.2) is 53.4 Å². The van der Waals surface area contributed by atoms with Crippen molar-refractivity contribution in [2.24, 2.45) is 0 Å². The lowest BCUT2D eigenvalue weighted by atomic mass is 9.91. The molecular weight excluding hydrogens is 366 g/mol. The molecule has 140 valence electrons. The van der Waals surface area contributed by atoms with Gasteiger partial charge in [-0.05, 0) is 43.0 Å². The Kier molecular flexibility index (Phi) is 4.24. The second kappa shape index (κ2) is 6.47. The first-order valence-electron chi connectivity index (χ1n) is 8.69. The van der Waals surface area contributed by atoms with Crippen molar-refractivity contribution in [3.8, 4) is 0 Å². The highest BCUT2D eigenvalue weighted by Crippen LogP contribution is 2.32. The van der Waals surface area contributed by atoms with Gasteiger partial charge >= 0.3 is 0 Å². The van der Waals surface area contributed by atoms with Crippen LogP contribution in [0.3, 0.4) is 0 Å². The number of fused-ring (bicyclic) bond motifs is 3. The molecule has 27 heavy (non-hydrogen) atoms. The lowest BCUT2D eigenvalue weighted by Crippen LogP contribution is -2.40. The van der Waals surface area contributed by atoms with E-state index in [9.17, 15) is 18.5 Å². The molecule has 1 N–H and O–H groups in total. The molecule has 4 rings (SSSR count). The number of nitrogens with one attached hydrogen (secondary N) is 1. The maximum absolute atomic E-state index is 13.0. The van der Waals surface area contributed by atoms with Crippen molar-refractivity contribution in [2.75, 3.05) is 7.05 Å². The van der Waals surface area contributed by atoms with E-state index in [1.54, 1.807) is 7.05 Å². The Balaban J connectivity index is 1.62. The van der Waals surface area contributed by atoms with Crippen LogP contribution in [0, 0.1) is 10.1 Å². The van der Waals surface area contributed by atoms with E-state index in [4.69, 9.17) is 0 Å². The summed E-state index contributed by atoms with van der Waals surface area (Å²) in [7, 11) is -2.13. The Labute approximate surface area is 156 Å². The number of H-pyrrole nitrogens is 1. The van der Waals surface area contributed by atoms with Gasteiger partial charge in [-0.3, -0.25) is 10.1 Å². The molecule has 0 amide bonds. The molecule has 1 aromatic heterocycles. The van der Waals surface area contributed by atoms with Crippen molar-refractivity contribution >= 4 is 26.6 Å². The zero-order valence-electron chi connectivity index (χ0n) is 14.8. The molecule has 0 bridgehead atoms. The van der Waals surface area contributed by atoms with Crippen LogP contribution in [0.25, 0.3) is 10.9 Å². The number of aromatic amines is 1. The number of benzene rings is 2. The van der Waals surface area contributed by atoms with E-state index >= 15 is 0 Å². The van der Waals surface area contributed by atoms with E-state index in [-0.39, 0.29) is 16.6 Å². The Morgan fingerprint density at radius 1 is 1.15 bits per heavy atom. The number of para-hydroxylation sites is 1. The molecule has 0 saturated heterocycles. The molecule has 1 atom stereocenters. The molecule has 8 heteroatoms. The minimum Gasteiger partial charge on any atom is -0.358 e. The fourth-order valence-electron chi connectivity index (χ4n) is 3.76. The number of rotatable bonds is 4. The number of non-ortho nitro benzene ring substituents is 1. The van der Waals surface area contributed by atoms with Crippen LogP contribution in [0.5, 0.6) is 0 Å². The summed E-state index contributed by atoms with van der Waals surface area (Å²) in [6.45, 7) is 0. The minimum absolute atomic E-state index is 0.0697. The molecule has 7 nitrogen and oxygen atoms in total. The minimum atomic E-state index is -3.72. The third-order valence-corrected chi connectivity index (χ3v) is 7.23. The van der Waals surface area contributed by atoms with E-state index in [0.29, 0.717) is 6.42 Å². The quantitative estimate of drug-likeness (QED) is 0.551. The average Bonchev–Trinajstić information content (AvgIpc) is 3.05. The highest BCUT2D eigenvalue weighted by Gasteiger charge is 2.32. The van der Waals surface area contributed by atoms with Gasteiger partial charge in [-0.1, -0.05) is 18.2 Å². The lowest BCUT2D eigenvalue weighted by molar-refractivity contribution is -0.384. The second-order valence-corrected chi connectivity index (χ2v) is 8.79. The van der Waals surface area contributed by atoms with Crippen molar-refractivity contribution in [3.05, 3.63) is 69.9 Å². The average molecular weight is 385 g/mol. The number of sulfonamides is 1. The molecule has 0 spiro atoms. The lowest BCUT2D eigenvalue weighted by Gasteiger charge is -2.30. The summed E-state index contributed by atoms with van der Waals surface area (Å²) in [5, 5.41) is 11.9. The Morgan fingerprint density at radius 2 is 1.85 bits per heavy atom. The summed E-state index contributed by atoms with van der Waals surface area (Å²) in [5.41, 5.74) is 3.29. The summed E-state index contributed by atoms with van der Waals surface area (Å²) in [6, 6.07) is 12.9. The second-order valence-electron chi connectivity index (χ2n) is 6.80. The molecule has 1 unspecified atom stereocenters. The number of aromatic nitrogens is 1. The number of nitro groups is 1. The molecular formula is C19H19N3O4S. The first-order chi connectivity index (χ1) is 12.9. The largest absolute Gasteiger partial charge is 0.358 e. The standard InChI is InChI=1S/C19H19N3O4S/c1-21(27(25,26)15-9-6-13(7-10-15)22(23)24)14-8-11-19-17(12-14)16-4-2-3-5-18(16)20-19/h2-7,9-10,14,20H,8,11-12H2,1H3. The summed E-state index contributed by atoms with van der Waals surface area (Å²) in [4.78, 5) is 13.7. The number of hydrogen-bond acceptors (Lipinski definition) is 4. The van der Waals surface area contributed by atoms with E-state index in [1.807, 2.05) is 18.2 Å². The predicted octanol–water partition coefficient (Wildman–Crippen LogP) is 3.25. The van der Waals surface area contributed by atoms with Crippen LogP contribution < -0.4 is 0 Å². The van der Waals surface area contributed by atoms with Crippen LogP contribution in [0.4, 0.5) is 5.69 Å². The maximum Gasteiger partial charge on any atom is 0.269 e. The summed E-state index contributed by atoms with van der Waals surface area (Å²) < 4.78 is 27.4. The van der Waals surface area contributed by atoms with Gasteiger partial charge in [0.15, 0.2) is 0 Å². The van der Waals surface area contributed by atoms with Gasteiger partial charge in [-0.2, -0.15) is 4.31 Å². The van der Waals surface area contributed by atoms with Crippen LogP contribution in [-0.2, 0) is 22.9 Å². The van der Waals surface area contributed by atoms with Crippen molar-refractivity contribution in [2.45, 2.75) is 30.2 Å². The maximum atomic E-state index is 13.0. The van der Waals surface area contributed by atoms with Gasteiger partial charge in [0.25, 0.3) is 5.69 Å². The zero-order chi connectivity index (χ0) is 19.2. The van der Waals surface area contributed by atoms with Crippen LogP contribution >= 0.6 is 0 Å². The van der Waals surface area contributed by atoms with Gasteiger partial charge in [-0.25, -0.2) is 8.42 Å². The Morgan fingerprint density at radius 3 is 2.56 bits per heavy atom. The summed E-state index contributed by atoms with van der Waals surface area (Å²) in [5.74, 6) is 0. The van der Waals surface area contributed by atoms with Crippen molar-refractivity contribution < 1.29 is 13.3 Å². The first kappa shape index (κ1) is 17.7. The fourth-order valence-corrected chi connectivity index (χ4v) is 5.15. The van der Waals surface area contributed by atoms with Crippen LogP contribution in [0.2, 0.25) is 0 Å². The summed E-state index contributed by atoms with van der Waals surface area (Å²) in [6.07, 6.45) is 2.15. The van der Waals surface area contributed by atoms with Gasteiger partial charge < -0.3 is 4.98 Å². The van der Waals surface area contributed by atoms with E-state index in [1.165, 1.54) is 39.8 Å². The van der Waals surface area contributed by atoms with Gasteiger partial charge in [0.1, 0.15) is 0 Å².